The van der Waals surface area contributed by atoms with Gasteiger partial charge in [-0.15, -0.1) is 0 Å². The van der Waals surface area contributed by atoms with Gasteiger partial charge in [0.1, 0.15) is 0 Å². The van der Waals surface area contributed by atoms with E-state index in [2.05, 4.69) is 43.3 Å². The number of hydrogen-bond donors (Lipinski definition) is 0. The maximum atomic E-state index is 2.39. The van der Waals surface area contributed by atoms with Crippen molar-refractivity contribution in [2.75, 3.05) is 0 Å². The van der Waals surface area contributed by atoms with Crippen molar-refractivity contribution in [3.63, 3.8) is 0 Å². The van der Waals surface area contributed by atoms with Crippen LogP contribution >= 0.6 is 0 Å². The van der Waals surface area contributed by atoms with E-state index in [-0.39, 0.29) is 0 Å². The standard InChI is InChI=1S/C17H20/c1-2-15-16-10-6-5-9-14(16)11-12-17(15)13-7-3-4-8-13/h5-6,9-13H,2-4,7-8H2,1H3. The zero-order chi connectivity index (χ0) is 11.7. The van der Waals surface area contributed by atoms with Gasteiger partial charge in [0, 0.05) is 0 Å². The highest BCUT2D eigenvalue weighted by molar-refractivity contribution is 5.87. The molecule has 0 aliphatic heterocycles. The van der Waals surface area contributed by atoms with E-state index in [9.17, 15) is 0 Å². The van der Waals surface area contributed by atoms with Crippen LogP contribution in [0.5, 0.6) is 0 Å². The molecule has 1 aliphatic carbocycles. The van der Waals surface area contributed by atoms with Crippen molar-refractivity contribution in [1.82, 2.24) is 0 Å². The summed E-state index contributed by atoms with van der Waals surface area (Å²) < 4.78 is 0. The Balaban J connectivity index is 2.17. The highest BCUT2D eigenvalue weighted by Crippen LogP contribution is 2.38. The molecular weight excluding hydrogens is 204 g/mol. The highest BCUT2D eigenvalue weighted by atomic mass is 14.2. The first-order chi connectivity index (χ1) is 8.40. The van der Waals surface area contributed by atoms with E-state index in [1.807, 2.05) is 0 Å². The zero-order valence-electron chi connectivity index (χ0n) is 10.6. The molecule has 1 saturated carbocycles. The summed E-state index contributed by atoms with van der Waals surface area (Å²) in [5, 5.41) is 2.87. The van der Waals surface area contributed by atoms with Crippen LogP contribution in [-0.2, 0) is 6.42 Å². The van der Waals surface area contributed by atoms with Gasteiger partial charge in [0.05, 0.1) is 0 Å². The predicted molar refractivity (Wildman–Crippen MR) is 74.5 cm³/mol. The van der Waals surface area contributed by atoms with Crippen molar-refractivity contribution >= 4 is 10.8 Å². The molecule has 1 aliphatic rings. The Bertz CT molecular complexity index is 519. The Labute approximate surface area is 104 Å². The monoisotopic (exact) mass is 224 g/mol. The summed E-state index contributed by atoms with van der Waals surface area (Å²) in [7, 11) is 0. The third kappa shape index (κ3) is 1.86. The average molecular weight is 224 g/mol. The molecule has 1 fully saturated rings. The van der Waals surface area contributed by atoms with E-state index in [1.165, 1.54) is 36.5 Å². The molecule has 3 rings (SSSR count). The van der Waals surface area contributed by atoms with Crippen molar-refractivity contribution in [2.45, 2.75) is 44.9 Å². The second-order valence-corrected chi connectivity index (χ2v) is 5.19. The number of hydrogen-bond acceptors (Lipinski definition) is 0. The van der Waals surface area contributed by atoms with Gasteiger partial charge in [-0.2, -0.15) is 0 Å². The third-order valence-electron chi connectivity index (χ3n) is 4.23. The minimum absolute atomic E-state index is 0.828. The minimum Gasteiger partial charge on any atom is -0.0616 e. The molecule has 0 amide bonds. The topological polar surface area (TPSA) is 0 Å². The number of benzene rings is 2. The smallest absolute Gasteiger partial charge is 0.0149 e. The van der Waals surface area contributed by atoms with E-state index in [0.717, 1.165) is 12.3 Å². The first kappa shape index (κ1) is 10.8. The molecule has 0 heteroatoms. The molecule has 0 nitrogen and oxygen atoms in total. The fraction of sp³-hybridized carbons (Fsp3) is 0.412. The lowest BCUT2D eigenvalue weighted by Gasteiger charge is -2.16. The van der Waals surface area contributed by atoms with Gasteiger partial charge in [-0.3, -0.25) is 0 Å². The molecule has 0 radical (unpaired) electrons. The fourth-order valence-electron chi connectivity index (χ4n) is 3.37. The summed E-state index contributed by atoms with van der Waals surface area (Å²) in [6, 6.07) is 13.5. The molecule has 2 aromatic rings. The molecule has 0 unspecified atom stereocenters. The largest absolute Gasteiger partial charge is 0.0616 e. The summed E-state index contributed by atoms with van der Waals surface area (Å²) in [5.74, 6) is 0.828. The maximum absolute atomic E-state index is 2.39. The number of aryl methyl sites for hydroxylation is 1. The maximum Gasteiger partial charge on any atom is -0.0149 e. The second-order valence-electron chi connectivity index (χ2n) is 5.19. The van der Waals surface area contributed by atoms with Crippen LogP contribution in [0.1, 0.15) is 49.7 Å². The van der Waals surface area contributed by atoms with Gasteiger partial charge < -0.3 is 0 Å². The van der Waals surface area contributed by atoms with E-state index in [4.69, 9.17) is 0 Å². The SMILES string of the molecule is CCc1c(C2CCCC2)ccc2ccccc12. The summed E-state index contributed by atoms with van der Waals surface area (Å²) in [6.45, 7) is 2.29. The first-order valence-electron chi connectivity index (χ1n) is 6.90. The summed E-state index contributed by atoms with van der Waals surface area (Å²) in [6.07, 6.45) is 6.78. The van der Waals surface area contributed by atoms with E-state index < -0.39 is 0 Å². The normalized spacial score (nSPS) is 16.8. The van der Waals surface area contributed by atoms with E-state index in [1.54, 1.807) is 11.1 Å². The van der Waals surface area contributed by atoms with Gasteiger partial charge in [-0.1, -0.05) is 56.2 Å². The second kappa shape index (κ2) is 4.52. The van der Waals surface area contributed by atoms with Crippen LogP contribution in [0, 0.1) is 0 Å². The van der Waals surface area contributed by atoms with Crippen LogP contribution in [0.15, 0.2) is 36.4 Å². The summed E-state index contributed by atoms with van der Waals surface area (Å²) >= 11 is 0. The van der Waals surface area contributed by atoms with Gasteiger partial charge in [-0.25, -0.2) is 0 Å². The molecule has 0 N–H and O–H groups in total. The first-order valence-corrected chi connectivity index (χ1v) is 6.90. The number of rotatable bonds is 2. The molecule has 17 heavy (non-hydrogen) atoms. The van der Waals surface area contributed by atoms with E-state index >= 15 is 0 Å². The van der Waals surface area contributed by atoms with Crippen molar-refractivity contribution in [3.05, 3.63) is 47.5 Å². The minimum atomic E-state index is 0.828. The Hall–Kier alpha value is -1.30. The molecule has 88 valence electrons. The molecular formula is C17H20. The molecule has 2 aromatic carbocycles. The average Bonchev–Trinajstić information content (AvgIpc) is 2.91. The molecule has 0 saturated heterocycles. The van der Waals surface area contributed by atoms with Crippen LogP contribution in [0.4, 0.5) is 0 Å². The van der Waals surface area contributed by atoms with Crippen molar-refractivity contribution in [3.8, 4) is 0 Å². The van der Waals surface area contributed by atoms with Crippen LogP contribution in [0.2, 0.25) is 0 Å². The Morgan fingerprint density at radius 3 is 2.53 bits per heavy atom. The van der Waals surface area contributed by atoms with Gasteiger partial charge >= 0.3 is 0 Å². The van der Waals surface area contributed by atoms with Gasteiger partial charge in [0.25, 0.3) is 0 Å². The zero-order valence-corrected chi connectivity index (χ0v) is 10.6. The van der Waals surface area contributed by atoms with Crippen LogP contribution in [-0.4, -0.2) is 0 Å². The lowest BCUT2D eigenvalue weighted by molar-refractivity contribution is 0.715. The van der Waals surface area contributed by atoms with Gasteiger partial charge in [0.2, 0.25) is 0 Å². The van der Waals surface area contributed by atoms with Crippen LogP contribution in [0.3, 0.4) is 0 Å². The van der Waals surface area contributed by atoms with Crippen LogP contribution < -0.4 is 0 Å². The molecule has 0 aromatic heterocycles. The molecule has 0 bridgehead atoms. The lowest BCUT2D eigenvalue weighted by Crippen LogP contribution is -1.99. The quantitative estimate of drug-likeness (QED) is 0.669. The number of fused-ring (bicyclic) bond motifs is 1. The Kier molecular flexibility index (Phi) is 2.88. The Morgan fingerprint density at radius 2 is 1.76 bits per heavy atom. The third-order valence-corrected chi connectivity index (χ3v) is 4.23. The van der Waals surface area contributed by atoms with Crippen molar-refractivity contribution in [1.29, 1.82) is 0 Å². The summed E-state index contributed by atoms with van der Waals surface area (Å²) in [4.78, 5) is 0. The van der Waals surface area contributed by atoms with Gasteiger partial charge in [0.15, 0.2) is 0 Å². The van der Waals surface area contributed by atoms with E-state index in [0.29, 0.717) is 0 Å². The van der Waals surface area contributed by atoms with Crippen molar-refractivity contribution in [2.24, 2.45) is 0 Å². The summed E-state index contributed by atoms with van der Waals surface area (Å²) in [5.41, 5.74) is 3.22. The Morgan fingerprint density at radius 1 is 1.00 bits per heavy atom. The molecule has 0 spiro atoms. The highest BCUT2D eigenvalue weighted by Gasteiger charge is 2.20. The lowest BCUT2D eigenvalue weighted by atomic mass is 9.88. The molecule has 0 heterocycles. The fourth-order valence-corrected chi connectivity index (χ4v) is 3.37. The van der Waals surface area contributed by atoms with Gasteiger partial charge in [-0.05, 0) is 47.1 Å². The molecule has 0 atom stereocenters. The predicted octanol–water partition coefficient (Wildman–Crippen LogP) is 5.06. The van der Waals surface area contributed by atoms with Crippen molar-refractivity contribution < 1.29 is 0 Å². The van der Waals surface area contributed by atoms with Crippen LogP contribution in [0.25, 0.3) is 10.8 Å².